The number of rotatable bonds is 2. The summed E-state index contributed by atoms with van der Waals surface area (Å²) in [6, 6.07) is 17.7. The molecule has 1 N–H and O–H groups in total. The van der Waals surface area contributed by atoms with E-state index in [2.05, 4.69) is 81.6 Å². The molecular formula is C18H21BrN2. The number of anilines is 1. The van der Waals surface area contributed by atoms with Crippen LogP contribution in [-0.2, 0) is 0 Å². The summed E-state index contributed by atoms with van der Waals surface area (Å²) in [5.74, 6) is 0. The molecule has 0 saturated carbocycles. The molecule has 1 aliphatic heterocycles. The number of benzene rings is 2. The van der Waals surface area contributed by atoms with Crippen LogP contribution in [0.1, 0.15) is 23.6 Å². The minimum atomic E-state index is 0.395. The Morgan fingerprint density at radius 1 is 1.14 bits per heavy atom. The van der Waals surface area contributed by atoms with Crippen LogP contribution in [0.15, 0.2) is 53.0 Å². The van der Waals surface area contributed by atoms with Crippen LogP contribution in [0, 0.1) is 6.92 Å². The van der Waals surface area contributed by atoms with Crippen LogP contribution in [0.5, 0.6) is 0 Å². The molecule has 1 atom stereocenters. The number of hydrogen-bond donors (Lipinski definition) is 1. The summed E-state index contributed by atoms with van der Waals surface area (Å²) >= 11 is 3.60. The van der Waals surface area contributed by atoms with Gasteiger partial charge < -0.3 is 10.2 Å². The molecule has 3 heteroatoms. The van der Waals surface area contributed by atoms with E-state index in [1.54, 1.807) is 0 Å². The molecule has 1 aliphatic rings. The number of nitrogens with one attached hydrogen (secondary N) is 1. The van der Waals surface area contributed by atoms with Crippen molar-refractivity contribution in [3.63, 3.8) is 0 Å². The summed E-state index contributed by atoms with van der Waals surface area (Å²) in [7, 11) is 0. The van der Waals surface area contributed by atoms with Crippen LogP contribution < -0.4 is 10.2 Å². The Balaban J connectivity index is 1.87. The molecule has 0 spiro atoms. The fourth-order valence-electron chi connectivity index (χ4n) is 2.97. The molecule has 2 aromatic carbocycles. The lowest BCUT2D eigenvalue weighted by atomic mass is 10.1. The van der Waals surface area contributed by atoms with Gasteiger partial charge in [-0.2, -0.15) is 0 Å². The Bertz CT molecular complexity index is 597. The van der Waals surface area contributed by atoms with E-state index in [-0.39, 0.29) is 0 Å². The van der Waals surface area contributed by atoms with E-state index in [0.717, 1.165) is 24.1 Å². The van der Waals surface area contributed by atoms with Gasteiger partial charge in [0.15, 0.2) is 0 Å². The second-order valence-electron chi connectivity index (χ2n) is 5.65. The molecule has 0 amide bonds. The van der Waals surface area contributed by atoms with Gasteiger partial charge in [-0.1, -0.05) is 52.3 Å². The van der Waals surface area contributed by atoms with E-state index >= 15 is 0 Å². The molecule has 1 unspecified atom stereocenters. The first kappa shape index (κ1) is 14.6. The van der Waals surface area contributed by atoms with Crippen molar-refractivity contribution in [2.75, 3.05) is 24.5 Å². The van der Waals surface area contributed by atoms with Crippen LogP contribution in [0.25, 0.3) is 0 Å². The number of nitrogens with zero attached hydrogens (tertiary/aromatic N) is 1. The highest BCUT2D eigenvalue weighted by molar-refractivity contribution is 9.10. The van der Waals surface area contributed by atoms with E-state index in [9.17, 15) is 0 Å². The third kappa shape index (κ3) is 3.47. The third-order valence-electron chi connectivity index (χ3n) is 4.11. The molecule has 2 aromatic rings. The van der Waals surface area contributed by atoms with Crippen LogP contribution in [0.3, 0.4) is 0 Å². The average molecular weight is 345 g/mol. The zero-order valence-electron chi connectivity index (χ0n) is 12.3. The van der Waals surface area contributed by atoms with Crippen LogP contribution in [-0.4, -0.2) is 19.6 Å². The first-order valence-electron chi connectivity index (χ1n) is 7.53. The quantitative estimate of drug-likeness (QED) is 0.873. The van der Waals surface area contributed by atoms with E-state index in [4.69, 9.17) is 0 Å². The van der Waals surface area contributed by atoms with Gasteiger partial charge in [-0.25, -0.2) is 0 Å². The highest BCUT2D eigenvalue weighted by Gasteiger charge is 2.20. The van der Waals surface area contributed by atoms with Gasteiger partial charge >= 0.3 is 0 Å². The van der Waals surface area contributed by atoms with Crippen molar-refractivity contribution in [1.29, 1.82) is 0 Å². The molecule has 0 bridgehead atoms. The van der Waals surface area contributed by atoms with E-state index < -0.39 is 0 Å². The minimum absolute atomic E-state index is 0.395. The molecule has 0 aliphatic carbocycles. The van der Waals surface area contributed by atoms with Gasteiger partial charge in [0.1, 0.15) is 0 Å². The Labute approximate surface area is 135 Å². The van der Waals surface area contributed by atoms with Crippen LogP contribution >= 0.6 is 15.9 Å². The standard InChI is InChI=1S/C18H21BrN2/c1-14-8-9-16(19)12-18(14)21-11-5-10-20-17(13-21)15-6-3-2-4-7-15/h2-4,6-9,12,17,20H,5,10-11,13H2,1H3. The molecule has 21 heavy (non-hydrogen) atoms. The highest BCUT2D eigenvalue weighted by Crippen LogP contribution is 2.28. The average Bonchev–Trinajstić information content (AvgIpc) is 2.76. The predicted octanol–water partition coefficient (Wildman–Crippen LogP) is 4.30. The first-order chi connectivity index (χ1) is 10.2. The SMILES string of the molecule is Cc1ccc(Br)cc1N1CCCNC(c2ccccc2)C1. The van der Waals surface area contributed by atoms with Gasteiger partial charge in [-0.3, -0.25) is 0 Å². The summed E-state index contributed by atoms with van der Waals surface area (Å²) in [5, 5.41) is 3.68. The zero-order valence-corrected chi connectivity index (χ0v) is 13.9. The van der Waals surface area contributed by atoms with Gasteiger partial charge in [-0.15, -0.1) is 0 Å². The monoisotopic (exact) mass is 344 g/mol. The highest BCUT2D eigenvalue weighted by atomic mass is 79.9. The lowest BCUT2D eigenvalue weighted by Crippen LogP contribution is -2.31. The van der Waals surface area contributed by atoms with Crippen molar-refractivity contribution in [2.24, 2.45) is 0 Å². The molecule has 2 nitrogen and oxygen atoms in total. The van der Waals surface area contributed by atoms with Gasteiger partial charge in [0.2, 0.25) is 0 Å². The largest absolute Gasteiger partial charge is 0.369 e. The second kappa shape index (κ2) is 6.63. The van der Waals surface area contributed by atoms with Crippen molar-refractivity contribution >= 4 is 21.6 Å². The van der Waals surface area contributed by atoms with Crippen LogP contribution in [0.4, 0.5) is 5.69 Å². The van der Waals surface area contributed by atoms with E-state index in [1.165, 1.54) is 23.2 Å². The van der Waals surface area contributed by atoms with E-state index in [1.807, 2.05) is 0 Å². The summed E-state index contributed by atoms with van der Waals surface area (Å²) in [4.78, 5) is 2.51. The fraction of sp³-hybridized carbons (Fsp3) is 0.333. The Morgan fingerprint density at radius 2 is 1.95 bits per heavy atom. The number of halogens is 1. The molecule has 0 radical (unpaired) electrons. The van der Waals surface area contributed by atoms with Gasteiger partial charge in [0, 0.05) is 29.3 Å². The summed E-state index contributed by atoms with van der Waals surface area (Å²) in [6.07, 6.45) is 1.18. The summed E-state index contributed by atoms with van der Waals surface area (Å²) in [5.41, 5.74) is 4.05. The molecular weight excluding hydrogens is 324 g/mol. The maximum absolute atomic E-state index is 3.68. The molecule has 1 fully saturated rings. The second-order valence-corrected chi connectivity index (χ2v) is 6.56. The number of aryl methyl sites for hydroxylation is 1. The van der Waals surface area contributed by atoms with E-state index in [0.29, 0.717) is 6.04 Å². The normalized spacial score (nSPS) is 19.3. The minimum Gasteiger partial charge on any atom is -0.369 e. The summed E-state index contributed by atoms with van der Waals surface area (Å²) < 4.78 is 1.15. The maximum Gasteiger partial charge on any atom is 0.0498 e. The smallest absolute Gasteiger partial charge is 0.0498 e. The van der Waals surface area contributed by atoms with Crippen molar-refractivity contribution in [2.45, 2.75) is 19.4 Å². The Kier molecular flexibility index (Phi) is 4.61. The van der Waals surface area contributed by atoms with Crippen molar-refractivity contribution < 1.29 is 0 Å². The van der Waals surface area contributed by atoms with Crippen molar-refractivity contribution in [3.05, 3.63) is 64.1 Å². The molecule has 1 heterocycles. The molecule has 3 rings (SSSR count). The maximum atomic E-state index is 3.68. The zero-order chi connectivity index (χ0) is 14.7. The van der Waals surface area contributed by atoms with Crippen molar-refractivity contribution in [3.8, 4) is 0 Å². The molecule has 1 saturated heterocycles. The van der Waals surface area contributed by atoms with Crippen molar-refractivity contribution in [1.82, 2.24) is 5.32 Å². The Hall–Kier alpha value is -1.32. The summed E-state index contributed by atoms with van der Waals surface area (Å²) in [6.45, 7) is 5.38. The molecule has 0 aromatic heterocycles. The predicted molar refractivity (Wildman–Crippen MR) is 92.9 cm³/mol. The fourth-order valence-corrected chi connectivity index (χ4v) is 3.32. The van der Waals surface area contributed by atoms with Gasteiger partial charge in [0.05, 0.1) is 0 Å². The lowest BCUT2D eigenvalue weighted by molar-refractivity contribution is 0.570. The third-order valence-corrected chi connectivity index (χ3v) is 4.61. The first-order valence-corrected chi connectivity index (χ1v) is 8.33. The number of hydrogen-bond acceptors (Lipinski definition) is 2. The van der Waals surface area contributed by atoms with Gasteiger partial charge in [0.25, 0.3) is 0 Å². The Morgan fingerprint density at radius 3 is 2.76 bits per heavy atom. The lowest BCUT2D eigenvalue weighted by Gasteiger charge is -2.28. The topological polar surface area (TPSA) is 15.3 Å². The van der Waals surface area contributed by atoms with Gasteiger partial charge in [-0.05, 0) is 43.1 Å². The van der Waals surface area contributed by atoms with Crippen LogP contribution in [0.2, 0.25) is 0 Å². The molecule has 110 valence electrons.